The van der Waals surface area contributed by atoms with Crippen molar-refractivity contribution in [1.29, 1.82) is 0 Å². The molecule has 0 aliphatic carbocycles. The Balaban J connectivity index is 2.23. The Bertz CT molecular complexity index is 701. The van der Waals surface area contributed by atoms with Crippen LogP contribution in [0.1, 0.15) is 12.6 Å². The molecule has 0 atom stereocenters. The molecule has 0 saturated carbocycles. The number of carbonyl (C=O) groups excluding carboxylic acids is 1. The molecular formula is C14H14F3N5O. The van der Waals surface area contributed by atoms with E-state index in [9.17, 15) is 18.0 Å². The van der Waals surface area contributed by atoms with Gasteiger partial charge in [0.2, 0.25) is 11.9 Å². The number of amides is 1. The van der Waals surface area contributed by atoms with Gasteiger partial charge in [-0.3, -0.25) is 4.79 Å². The molecule has 9 heteroatoms. The molecule has 0 aliphatic rings. The summed E-state index contributed by atoms with van der Waals surface area (Å²) in [6, 6.07) is 7.28. The molecule has 0 saturated heterocycles. The second-order valence-corrected chi connectivity index (χ2v) is 4.59. The van der Waals surface area contributed by atoms with E-state index in [-0.39, 0.29) is 17.7 Å². The van der Waals surface area contributed by atoms with E-state index in [1.54, 1.807) is 24.3 Å². The smallest absolute Gasteiger partial charge is 0.357 e. The van der Waals surface area contributed by atoms with Crippen molar-refractivity contribution in [3.8, 4) is 0 Å². The molecule has 122 valence electrons. The van der Waals surface area contributed by atoms with Crippen molar-refractivity contribution < 1.29 is 18.0 Å². The summed E-state index contributed by atoms with van der Waals surface area (Å²) in [5, 5.41) is 7.85. The SMILES string of the molecule is CNc1nc(Nc2ccc(NC(C)=O)cc2)cc(C(F)(F)F)n1. The van der Waals surface area contributed by atoms with E-state index < -0.39 is 11.9 Å². The van der Waals surface area contributed by atoms with Crippen LogP contribution >= 0.6 is 0 Å². The number of benzene rings is 1. The summed E-state index contributed by atoms with van der Waals surface area (Å²) in [7, 11) is 1.43. The highest BCUT2D eigenvalue weighted by Gasteiger charge is 2.33. The lowest BCUT2D eigenvalue weighted by Crippen LogP contribution is -2.12. The van der Waals surface area contributed by atoms with Gasteiger partial charge >= 0.3 is 6.18 Å². The first-order chi connectivity index (χ1) is 10.8. The zero-order valence-electron chi connectivity index (χ0n) is 12.3. The minimum Gasteiger partial charge on any atom is -0.357 e. The van der Waals surface area contributed by atoms with Crippen LogP contribution in [0.2, 0.25) is 0 Å². The predicted octanol–water partition coefficient (Wildman–Crippen LogP) is 3.24. The van der Waals surface area contributed by atoms with Crippen molar-refractivity contribution >= 4 is 29.0 Å². The first-order valence-electron chi connectivity index (χ1n) is 6.56. The molecule has 1 aromatic heterocycles. The Kier molecular flexibility index (Phi) is 4.68. The maximum atomic E-state index is 12.8. The van der Waals surface area contributed by atoms with Crippen LogP contribution in [-0.4, -0.2) is 22.9 Å². The number of hydrogen-bond acceptors (Lipinski definition) is 5. The van der Waals surface area contributed by atoms with E-state index in [1.165, 1.54) is 14.0 Å². The van der Waals surface area contributed by atoms with Gasteiger partial charge in [-0.25, -0.2) is 4.98 Å². The number of nitrogens with zero attached hydrogens (tertiary/aromatic N) is 2. The van der Waals surface area contributed by atoms with Crippen LogP contribution < -0.4 is 16.0 Å². The van der Waals surface area contributed by atoms with Crippen LogP contribution in [0.25, 0.3) is 0 Å². The molecule has 23 heavy (non-hydrogen) atoms. The van der Waals surface area contributed by atoms with E-state index >= 15 is 0 Å². The van der Waals surface area contributed by atoms with Crippen LogP contribution in [0.15, 0.2) is 30.3 Å². The highest BCUT2D eigenvalue weighted by atomic mass is 19.4. The van der Waals surface area contributed by atoms with Gasteiger partial charge in [0, 0.05) is 31.4 Å². The largest absolute Gasteiger partial charge is 0.433 e. The van der Waals surface area contributed by atoms with Crippen LogP contribution in [0.3, 0.4) is 0 Å². The number of hydrogen-bond donors (Lipinski definition) is 3. The molecule has 6 nitrogen and oxygen atoms in total. The maximum Gasteiger partial charge on any atom is 0.433 e. The van der Waals surface area contributed by atoms with Crippen LogP contribution in [0.5, 0.6) is 0 Å². The topological polar surface area (TPSA) is 78.9 Å². The Hall–Kier alpha value is -2.84. The summed E-state index contributed by atoms with van der Waals surface area (Å²) in [4.78, 5) is 18.2. The highest BCUT2D eigenvalue weighted by Crippen LogP contribution is 2.30. The quantitative estimate of drug-likeness (QED) is 0.804. The monoisotopic (exact) mass is 325 g/mol. The first kappa shape index (κ1) is 16.5. The number of nitrogens with one attached hydrogen (secondary N) is 3. The molecule has 1 amide bonds. The average Bonchev–Trinajstić information content (AvgIpc) is 2.47. The summed E-state index contributed by atoms with van der Waals surface area (Å²) in [5.41, 5.74) is 0.0554. The fourth-order valence-corrected chi connectivity index (χ4v) is 1.76. The van der Waals surface area contributed by atoms with Crippen LogP contribution in [0.4, 0.5) is 36.3 Å². The molecule has 1 aromatic carbocycles. The molecule has 2 rings (SSSR count). The average molecular weight is 325 g/mol. The molecule has 0 radical (unpaired) electrons. The third-order valence-corrected chi connectivity index (χ3v) is 2.72. The second kappa shape index (κ2) is 6.51. The lowest BCUT2D eigenvalue weighted by Gasteiger charge is -2.12. The Morgan fingerprint density at radius 1 is 1.09 bits per heavy atom. The number of alkyl halides is 3. The van der Waals surface area contributed by atoms with Gasteiger partial charge in [-0.2, -0.15) is 18.2 Å². The molecule has 0 aliphatic heterocycles. The second-order valence-electron chi connectivity index (χ2n) is 4.59. The van der Waals surface area contributed by atoms with E-state index in [0.29, 0.717) is 11.4 Å². The van der Waals surface area contributed by atoms with Crippen molar-refractivity contribution in [2.75, 3.05) is 23.0 Å². The molecule has 1 heterocycles. The molecular weight excluding hydrogens is 311 g/mol. The van der Waals surface area contributed by atoms with Gasteiger partial charge in [-0.1, -0.05) is 0 Å². The summed E-state index contributed by atoms with van der Waals surface area (Å²) < 4.78 is 38.4. The van der Waals surface area contributed by atoms with Crippen molar-refractivity contribution in [2.24, 2.45) is 0 Å². The summed E-state index contributed by atoms with van der Waals surface area (Å²) >= 11 is 0. The zero-order chi connectivity index (χ0) is 17.0. The standard InChI is InChI=1S/C14H14F3N5O/c1-8(23)19-9-3-5-10(6-4-9)20-12-7-11(14(15,16)17)21-13(18-2)22-12/h3-7H,1-2H3,(H,19,23)(H2,18,20,21,22). The van der Waals surface area contributed by atoms with Gasteiger partial charge in [-0.15, -0.1) is 0 Å². The molecule has 3 N–H and O–H groups in total. The molecule has 0 spiro atoms. The molecule has 0 bridgehead atoms. The number of aromatic nitrogens is 2. The van der Waals surface area contributed by atoms with Gasteiger partial charge in [0.15, 0.2) is 5.69 Å². The number of rotatable bonds is 4. The van der Waals surface area contributed by atoms with Crippen molar-refractivity contribution in [3.05, 3.63) is 36.0 Å². The third-order valence-electron chi connectivity index (χ3n) is 2.72. The molecule has 2 aromatic rings. The minimum absolute atomic E-state index is 0.00366. The fraction of sp³-hybridized carbons (Fsp3) is 0.214. The van der Waals surface area contributed by atoms with Gasteiger partial charge < -0.3 is 16.0 Å². The summed E-state index contributed by atoms with van der Waals surface area (Å²) in [6.07, 6.45) is -4.57. The van der Waals surface area contributed by atoms with E-state index in [0.717, 1.165) is 6.07 Å². The van der Waals surface area contributed by atoms with Gasteiger partial charge in [0.05, 0.1) is 0 Å². The van der Waals surface area contributed by atoms with Gasteiger partial charge in [0.1, 0.15) is 5.82 Å². The third kappa shape index (κ3) is 4.56. The normalized spacial score (nSPS) is 11.0. The summed E-state index contributed by atoms with van der Waals surface area (Å²) in [6.45, 7) is 1.38. The Morgan fingerprint density at radius 3 is 2.22 bits per heavy atom. The number of halogens is 3. The lowest BCUT2D eigenvalue weighted by atomic mass is 10.2. The maximum absolute atomic E-state index is 12.8. The van der Waals surface area contributed by atoms with E-state index in [4.69, 9.17) is 0 Å². The van der Waals surface area contributed by atoms with E-state index in [2.05, 4.69) is 25.9 Å². The summed E-state index contributed by atoms with van der Waals surface area (Å²) in [5.74, 6) is -0.351. The number of anilines is 4. The van der Waals surface area contributed by atoms with Crippen molar-refractivity contribution in [3.63, 3.8) is 0 Å². The van der Waals surface area contributed by atoms with Crippen molar-refractivity contribution in [2.45, 2.75) is 13.1 Å². The Morgan fingerprint density at radius 2 is 1.70 bits per heavy atom. The van der Waals surface area contributed by atoms with Crippen LogP contribution in [0, 0.1) is 0 Å². The lowest BCUT2D eigenvalue weighted by molar-refractivity contribution is -0.141. The van der Waals surface area contributed by atoms with Crippen LogP contribution in [-0.2, 0) is 11.0 Å². The Labute approximate surface area is 130 Å². The fourth-order valence-electron chi connectivity index (χ4n) is 1.76. The zero-order valence-corrected chi connectivity index (χ0v) is 12.3. The highest BCUT2D eigenvalue weighted by molar-refractivity contribution is 5.88. The van der Waals surface area contributed by atoms with Crippen molar-refractivity contribution in [1.82, 2.24) is 9.97 Å². The minimum atomic E-state index is -4.57. The van der Waals surface area contributed by atoms with Gasteiger partial charge in [0.25, 0.3) is 0 Å². The molecule has 0 fully saturated rings. The molecule has 0 unspecified atom stereocenters. The van der Waals surface area contributed by atoms with Gasteiger partial charge in [-0.05, 0) is 24.3 Å². The number of carbonyl (C=O) groups is 1. The predicted molar refractivity (Wildman–Crippen MR) is 80.6 cm³/mol. The first-order valence-corrected chi connectivity index (χ1v) is 6.56. The van der Waals surface area contributed by atoms with E-state index in [1.807, 2.05) is 0 Å².